The lowest BCUT2D eigenvalue weighted by Gasteiger charge is -2.14. The van der Waals surface area contributed by atoms with Gasteiger partial charge in [0.1, 0.15) is 0 Å². The molecule has 0 bridgehead atoms. The molecule has 0 saturated carbocycles. The zero-order chi connectivity index (χ0) is 13.3. The van der Waals surface area contributed by atoms with Gasteiger partial charge in [-0.2, -0.15) is 0 Å². The number of hydrogen-bond donors (Lipinski definition) is 0. The van der Waals surface area contributed by atoms with E-state index in [4.69, 9.17) is 9.31 Å². The van der Waals surface area contributed by atoms with Crippen molar-refractivity contribution in [3.8, 4) is 0 Å². The van der Waals surface area contributed by atoms with E-state index in [1.807, 2.05) is 19.9 Å². The molecule has 0 unspecified atom stereocenters. The first-order chi connectivity index (χ1) is 8.19. The van der Waals surface area contributed by atoms with Crippen LogP contribution < -0.4 is 5.46 Å². The van der Waals surface area contributed by atoms with Gasteiger partial charge < -0.3 is 9.31 Å². The summed E-state index contributed by atoms with van der Waals surface area (Å²) >= 11 is 0. The van der Waals surface area contributed by atoms with Crippen molar-refractivity contribution in [2.75, 3.05) is 14.2 Å². The average molecular weight is 236 g/mol. The van der Waals surface area contributed by atoms with Gasteiger partial charge in [0.05, 0.1) is 0 Å². The molecule has 0 heterocycles. The molecule has 0 saturated heterocycles. The molecular weight excluding hydrogens is 211 g/mol. The smallest absolute Gasteiger partial charge is 0.410 e. The number of rotatable bonds is 5. The van der Waals surface area contributed by atoms with Crippen LogP contribution in [0.4, 0.5) is 0 Å². The summed E-state index contributed by atoms with van der Waals surface area (Å²) in [5.41, 5.74) is 2.44. The predicted molar refractivity (Wildman–Crippen MR) is 75.7 cm³/mol. The van der Waals surface area contributed by atoms with Crippen LogP contribution in [0.5, 0.6) is 0 Å². The monoisotopic (exact) mass is 236 g/mol. The van der Waals surface area contributed by atoms with Crippen molar-refractivity contribution in [1.29, 1.82) is 0 Å². The standard InChI is InChI=1S/C12H19BO2.C2H6/c1-10(2)9-11-7-5-6-8-12(11)13(14-3)15-4;1-2/h5-8,10H,9H2,1-4H3;1-2H3. The molecule has 0 spiro atoms. The van der Waals surface area contributed by atoms with E-state index in [0.717, 1.165) is 11.9 Å². The zero-order valence-corrected chi connectivity index (χ0v) is 12.0. The Hall–Kier alpha value is -0.795. The van der Waals surface area contributed by atoms with Crippen LogP contribution in [0, 0.1) is 5.92 Å². The first kappa shape index (κ1) is 16.2. The SMILES string of the molecule is CC.COB(OC)c1ccccc1CC(C)C. The minimum atomic E-state index is -0.250. The van der Waals surface area contributed by atoms with Gasteiger partial charge in [-0.3, -0.25) is 0 Å². The Bertz CT molecular complexity index is 296. The summed E-state index contributed by atoms with van der Waals surface area (Å²) in [6.45, 7) is 8.43. The Morgan fingerprint density at radius 1 is 1.06 bits per heavy atom. The average Bonchev–Trinajstić information content (AvgIpc) is 2.34. The second kappa shape index (κ2) is 9.26. The summed E-state index contributed by atoms with van der Waals surface area (Å²) < 4.78 is 10.6. The van der Waals surface area contributed by atoms with Crippen LogP contribution in [0.3, 0.4) is 0 Å². The fraction of sp³-hybridized carbons (Fsp3) is 0.571. The van der Waals surface area contributed by atoms with Gasteiger partial charge in [0, 0.05) is 14.2 Å². The molecule has 96 valence electrons. The molecule has 0 aliphatic rings. The highest BCUT2D eigenvalue weighted by atomic mass is 16.6. The van der Waals surface area contributed by atoms with E-state index in [1.54, 1.807) is 14.2 Å². The maximum atomic E-state index is 5.29. The van der Waals surface area contributed by atoms with E-state index in [1.165, 1.54) is 5.56 Å². The molecule has 0 amide bonds. The minimum absolute atomic E-state index is 0.250. The molecule has 0 fully saturated rings. The Morgan fingerprint density at radius 3 is 2.06 bits per heavy atom. The van der Waals surface area contributed by atoms with Gasteiger partial charge in [-0.15, -0.1) is 0 Å². The van der Waals surface area contributed by atoms with Crippen LogP contribution >= 0.6 is 0 Å². The molecule has 0 aliphatic carbocycles. The molecule has 1 rings (SSSR count). The summed E-state index contributed by atoms with van der Waals surface area (Å²) in [6, 6.07) is 8.28. The second-order valence-electron chi connectivity index (χ2n) is 4.10. The van der Waals surface area contributed by atoms with Crippen LogP contribution in [0.2, 0.25) is 0 Å². The van der Waals surface area contributed by atoms with Crippen LogP contribution in [-0.2, 0) is 15.7 Å². The molecule has 0 atom stereocenters. The van der Waals surface area contributed by atoms with Gasteiger partial charge in [0.25, 0.3) is 0 Å². The second-order valence-corrected chi connectivity index (χ2v) is 4.10. The Labute approximate surface area is 106 Å². The van der Waals surface area contributed by atoms with Crippen molar-refractivity contribution in [2.45, 2.75) is 34.1 Å². The maximum absolute atomic E-state index is 5.29. The maximum Gasteiger partial charge on any atom is 0.493 e. The fourth-order valence-electron chi connectivity index (χ4n) is 1.74. The normalized spacial score (nSPS) is 9.82. The van der Waals surface area contributed by atoms with Crippen LogP contribution in [0.15, 0.2) is 24.3 Å². The van der Waals surface area contributed by atoms with Gasteiger partial charge in [-0.1, -0.05) is 52.0 Å². The van der Waals surface area contributed by atoms with Crippen molar-refractivity contribution in [1.82, 2.24) is 0 Å². The quantitative estimate of drug-likeness (QED) is 0.732. The number of hydrogen-bond acceptors (Lipinski definition) is 2. The number of benzene rings is 1. The molecule has 0 N–H and O–H groups in total. The molecule has 1 aromatic rings. The van der Waals surface area contributed by atoms with E-state index in [-0.39, 0.29) is 7.12 Å². The van der Waals surface area contributed by atoms with Gasteiger partial charge in [-0.05, 0) is 23.4 Å². The highest BCUT2D eigenvalue weighted by Gasteiger charge is 2.21. The van der Waals surface area contributed by atoms with Crippen LogP contribution in [0.25, 0.3) is 0 Å². The Morgan fingerprint density at radius 2 is 1.59 bits per heavy atom. The highest BCUT2D eigenvalue weighted by molar-refractivity contribution is 6.61. The van der Waals surface area contributed by atoms with Gasteiger partial charge >= 0.3 is 7.12 Å². The lowest BCUT2D eigenvalue weighted by atomic mass is 9.74. The summed E-state index contributed by atoms with van der Waals surface area (Å²) in [7, 11) is 3.08. The first-order valence-electron chi connectivity index (χ1n) is 6.32. The Balaban J connectivity index is 0.00000121. The van der Waals surface area contributed by atoms with Crippen molar-refractivity contribution in [3.63, 3.8) is 0 Å². The van der Waals surface area contributed by atoms with E-state index < -0.39 is 0 Å². The third-order valence-electron chi connectivity index (χ3n) is 2.37. The third-order valence-corrected chi connectivity index (χ3v) is 2.37. The van der Waals surface area contributed by atoms with E-state index in [9.17, 15) is 0 Å². The minimum Gasteiger partial charge on any atom is -0.410 e. The lowest BCUT2D eigenvalue weighted by Crippen LogP contribution is -2.37. The van der Waals surface area contributed by atoms with Crippen molar-refractivity contribution in [3.05, 3.63) is 29.8 Å². The van der Waals surface area contributed by atoms with E-state index >= 15 is 0 Å². The van der Waals surface area contributed by atoms with Crippen LogP contribution in [0.1, 0.15) is 33.3 Å². The molecule has 0 aliphatic heterocycles. The molecule has 0 radical (unpaired) electrons. The van der Waals surface area contributed by atoms with Crippen molar-refractivity contribution >= 4 is 12.6 Å². The lowest BCUT2D eigenvalue weighted by molar-refractivity contribution is 0.291. The molecule has 17 heavy (non-hydrogen) atoms. The molecular formula is C14H25BO2. The van der Waals surface area contributed by atoms with Gasteiger partial charge in [0.15, 0.2) is 0 Å². The summed E-state index contributed by atoms with van der Waals surface area (Å²) in [5, 5.41) is 0. The van der Waals surface area contributed by atoms with E-state index in [2.05, 4.69) is 32.0 Å². The first-order valence-corrected chi connectivity index (χ1v) is 6.32. The van der Waals surface area contributed by atoms with Crippen molar-refractivity contribution in [2.24, 2.45) is 5.92 Å². The fourth-order valence-corrected chi connectivity index (χ4v) is 1.74. The molecule has 2 nitrogen and oxygen atoms in total. The molecule has 3 heteroatoms. The summed E-state index contributed by atoms with van der Waals surface area (Å²) in [5.74, 6) is 0.639. The molecule has 0 aromatic heterocycles. The third kappa shape index (κ3) is 5.38. The van der Waals surface area contributed by atoms with Crippen molar-refractivity contribution < 1.29 is 9.31 Å². The molecule has 1 aromatic carbocycles. The Kier molecular flexibility index (Phi) is 8.82. The largest absolute Gasteiger partial charge is 0.493 e. The summed E-state index contributed by atoms with van der Waals surface area (Å²) in [6.07, 6.45) is 1.05. The predicted octanol–water partition coefficient (Wildman–Crippen LogP) is 2.90. The highest BCUT2D eigenvalue weighted by Crippen LogP contribution is 2.07. The van der Waals surface area contributed by atoms with Crippen LogP contribution in [-0.4, -0.2) is 21.3 Å². The van der Waals surface area contributed by atoms with Gasteiger partial charge in [0.2, 0.25) is 0 Å². The zero-order valence-electron chi connectivity index (χ0n) is 12.0. The topological polar surface area (TPSA) is 18.5 Å². The van der Waals surface area contributed by atoms with E-state index in [0.29, 0.717) is 5.92 Å². The van der Waals surface area contributed by atoms with Gasteiger partial charge in [-0.25, -0.2) is 0 Å². The summed E-state index contributed by atoms with van der Waals surface area (Å²) in [4.78, 5) is 0.